The number of carbonyl (C=O) groups is 1. The molecule has 28 heavy (non-hydrogen) atoms. The quantitative estimate of drug-likeness (QED) is 0.451. The maximum Gasteiger partial charge on any atom is 0.407 e. The summed E-state index contributed by atoms with van der Waals surface area (Å²) < 4.78 is 12.6. The van der Waals surface area contributed by atoms with Gasteiger partial charge < -0.3 is 14.8 Å². The standard InChI is InChI=1S/C20H27N3O4S/c1-20(2,3)27-19(25)21-10-12-28-18-22-16-9-5-4-8-15(16)17(24)23(18)13-14-7-6-11-26-14/h4-5,8-9,14H,6-7,10-13H2,1-3H3,(H,21,25). The number of hydrogen-bond donors (Lipinski definition) is 1. The highest BCUT2D eigenvalue weighted by atomic mass is 32.2. The van der Waals surface area contributed by atoms with Crippen LogP contribution >= 0.6 is 11.8 Å². The number of benzene rings is 1. The van der Waals surface area contributed by atoms with Gasteiger partial charge in [0.15, 0.2) is 5.16 Å². The number of alkyl carbamates (subject to hydrolysis) is 1. The van der Waals surface area contributed by atoms with Gasteiger partial charge in [-0.2, -0.15) is 0 Å². The van der Waals surface area contributed by atoms with Crippen molar-refractivity contribution in [3.63, 3.8) is 0 Å². The molecule has 0 saturated carbocycles. The Labute approximate surface area is 168 Å². The third-order valence-electron chi connectivity index (χ3n) is 4.24. The lowest BCUT2D eigenvalue weighted by Crippen LogP contribution is -2.34. The van der Waals surface area contributed by atoms with Crippen LogP contribution in [0.1, 0.15) is 33.6 Å². The number of nitrogens with zero attached hydrogens (tertiary/aromatic N) is 2. The number of thioether (sulfide) groups is 1. The number of hydrogen-bond acceptors (Lipinski definition) is 6. The Bertz CT molecular complexity index is 885. The zero-order valence-electron chi connectivity index (χ0n) is 16.6. The minimum Gasteiger partial charge on any atom is -0.444 e. The molecule has 1 aromatic heterocycles. The van der Waals surface area contributed by atoms with Crippen LogP contribution in [0.25, 0.3) is 10.9 Å². The summed E-state index contributed by atoms with van der Waals surface area (Å²) in [7, 11) is 0. The number of aromatic nitrogens is 2. The summed E-state index contributed by atoms with van der Waals surface area (Å²) in [6.45, 7) is 7.13. The fourth-order valence-corrected chi connectivity index (χ4v) is 3.88. The second-order valence-corrected chi connectivity index (χ2v) is 8.80. The van der Waals surface area contributed by atoms with Gasteiger partial charge in [-0.1, -0.05) is 23.9 Å². The summed E-state index contributed by atoms with van der Waals surface area (Å²) >= 11 is 1.45. The molecule has 1 aromatic carbocycles. The van der Waals surface area contributed by atoms with Crippen LogP contribution < -0.4 is 10.9 Å². The molecule has 1 amide bonds. The second-order valence-electron chi connectivity index (χ2n) is 7.74. The molecule has 1 fully saturated rings. The first-order valence-electron chi connectivity index (χ1n) is 9.54. The van der Waals surface area contributed by atoms with E-state index in [1.54, 1.807) is 10.6 Å². The molecule has 8 heteroatoms. The molecule has 0 radical (unpaired) electrons. The summed E-state index contributed by atoms with van der Waals surface area (Å²) in [6, 6.07) is 7.36. The van der Waals surface area contributed by atoms with Crippen molar-refractivity contribution in [3.8, 4) is 0 Å². The topological polar surface area (TPSA) is 82.5 Å². The van der Waals surface area contributed by atoms with Crippen LogP contribution in [-0.2, 0) is 16.0 Å². The maximum absolute atomic E-state index is 13.0. The van der Waals surface area contributed by atoms with Crippen LogP contribution in [0.4, 0.5) is 4.79 Å². The van der Waals surface area contributed by atoms with Gasteiger partial charge in [-0.25, -0.2) is 9.78 Å². The highest BCUT2D eigenvalue weighted by Crippen LogP contribution is 2.20. The molecule has 2 heterocycles. The fraction of sp³-hybridized carbons (Fsp3) is 0.550. The van der Waals surface area contributed by atoms with E-state index in [0.29, 0.717) is 34.9 Å². The number of nitrogens with one attached hydrogen (secondary N) is 1. The average Bonchev–Trinajstić information content (AvgIpc) is 3.13. The van der Waals surface area contributed by atoms with Crippen LogP contribution in [0.2, 0.25) is 0 Å². The molecule has 1 saturated heterocycles. The van der Waals surface area contributed by atoms with E-state index >= 15 is 0 Å². The lowest BCUT2D eigenvalue weighted by atomic mass is 10.2. The lowest BCUT2D eigenvalue weighted by Gasteiger charge is -2.19. The van der Waals surface area contributed by atoms with Gasteiger partial charge in [0.05, 0.1) is 23.6 Å². The maximum atomic E-state index is 13.0. The second kappa shape index (κ2) is 8.96. The van der Waals surface area contributed by atoms with Crippen LogP contribution in [0, 0.1) is 0 Å². The van der Waals surface area contributed by atoms with Crippen LogP contribution in [0.3, 0.4) is 0 Å². The number of rotatable bonds is 6. The summed E-state index contributed by atoms with van der Waals surface area (Å²) in [5.74, 6) is 0.579. The molecule has 1 aliphatic rings. The predicted octanol–water partition coefficient (Wildman–Crippen LogP) is 3.19. The van der Waals surface area contributed by atoms with E-state index < -0.39 is 11.7 Å². The molecule has 0 aliphatic carbocycles. The van der Waals surface area contributed by atoms with Crippen LogP contribution in [0.15, 0.2) is 34.2 Å². The van der Waals surface area contributed by atoms with Crippen molar-refractivity contribution in [3.05, 3.63) is 34.6 Å². The molecule has 7 nitrogen and oxygen atoms in total. The zero-order valence-corrected chi connectivity index (χ0v) is 17.4. The fourth-order valence-electron chi connectivity index (χ4n) is 3.02. The zero-order chi connectivity index (χ0) is 20.1. The van der Waals surface area contributed by atoms with Crippen molar-refractivity contribution < 1.29 is 14.3 Å². The summed E-state index contributed by atoms with van der Waals surface area (Å²) in [5.41, 5.74) is 0.0983. The van der Waals surface area contributed by atoms with E-state index in [2.05, 4.69) is 10.3 Å². The van der Waals surface area contributed by atoms with Gasteiger partial charge in [0.2, 0.25) is 0 Å². The van der Waals surface area contributed by atoms with E-state index in [1.165, 1.54) is 11.8 Å². The van der Waals surface area contributed by atoms with Crippen LogP contribution in [0.5, 0.6) is 0 Å². The third-order valence-corrected chi connectivity index (χ3v) is 5.22. The number of carbonyl (C=O) groups excluding carboxylic acids is 1. The number of amides is 1. The number of ether oxygens (including phenoxy) is 2. The lowest BCUT2D eigenvalue weighted by molar-refractivity contribution is 0.0531. The Kier molecular flexibility index (Phi) is 6.61. The summed E-state index contributed by atoms with van der Waals surface area (Å²) in [6.07, 6.45) is 1.56. The minimum absolute atomic E-state index is 0.0416. The molecule has 2 aromatic rings. The molecule has 152 valence electrons. The van der Waals surface area contributed by atoms with Gasteiger partial charge in [-0.15, -0.1) is 0 Å². The van der Waals surface area contributed by atoms with E-state index in [4.69, 9.17) is 9.47 Å². The van der Waals surface area contributed by atoms with Gasteiger partial charge in [-0.05, 0) is 45.7 Å². The number of para-hydroxylation sites is 1. The van der Waals surface area contributed by atoms with E-state index in [0.717, 1.165) is 19.4 Å². The Hall–Kier alpha value is -2.06. The summed E-state index contributed by atoms with van der Waals surface area (Å²) in [4.78, 5) is 29.4. The largest absolute Gasteiger partial charge is 0.444 e. The van der Waals surface area contributed by atoms with Gasteiger partial charge in [0.1, 0.15) is 5.60 Å². The molecule has 1 aliphatic heterocycles. The normalized spacial score (nSPS) is 17.0. The molecule has 3 rings (SSSR count). The molecular weight excluding hydrogens is 378 g/mol. The van der Waals surface area contributed by atoms with Crippen molar-refractivity contribution in [2.24, 2.45) is 0 Å². The number of fused-ring (bicyclic) bond motifs is 1. The minimum atomic E-state index is -0.529. The predicted molar refractivity (Wildman–Crippen MR) is 110 cm³/mol. The summed E-state index contributed by atoms with van der Waals surface area (Å²) in [5, 5.41) is 3.98. The molecule has 1 atom stereocenters. The van der Waals surface area contributed by atoms with E-state index in [1.807, 2.05) is 39.0 Å². The van der Waals surface area contributed by atoms with Gasteiger partial charge >= 0.3 is 6.09 Å². The Morgan fingerprint density at radius 3 is 2.89 bits per heavy atom. The highest BCUT2D eigenvalue weighted by Gasteiger charge is 2.20. The van der Waals surface area contributed by atoms with Crippen molar-refractivity contribution in [2.45, 2.75) is 57.0 Å². The Balaban J connectivity index is 1.71. The van der Waals surface area contributed by atoms with Crippen molar-refractivity contribution in [1.29, 1.82) is 0 Å². The van der Waals surface area contributed by atoms with E-state index in [-0.39, 0.29) is 11.7 Å². The van der Waals surface area contributed by atoms with Crippen LogP contribution in [-0.4, -0.2) is 46.3 Å². The first kappa shape index (κ1) is 20.7. The van der Waals surface area contributed by atoms with Gasteiger partial charge in [0, 0.05) is 18.9 Å². The monoisotopic (exact) mass is 405 g/mol. The van der Waals surface area contributed by atoms with Crippen molar-refractivity contribution in [1.82, 2.24) is 14.9 Å². The van der Waals surface area contributed by atoms with Gasteiger partial charge in [0.25, 0.3) is 5.56 Å². The average molecular weight is 406 g/mol. The Morgan fingerprint density at radius 1 is 1.39 bits per heavy atom. The molecule has 1 N–H and O–H groups in total. The van der Waals surface area contributed by atoms with Crippen molar-refractivity contribution in [2.75, 3.05) is 18.9 Å². The SMILES string of the molecule is CC(C)(C)OC(=O)NCCSc1nc2ccccc2c(=O)n1CC1CCCO1. The first-order chi connectivity index (χ1) is 13.3. The highest BCUT2D eigenvalue weighted by molar-refractivity contribution is 7.99. The molecular formula is C20H27N3O4S. The third kappa shape index (κ3) is 5.48. The van der Waals surface area contributed by atoms with E-state index in [9.17, 15) is 9.59 Å². The molecule has 0 bridgehead atoms. The molecule has 0 spiro atoms. The smallest absolute Gasteiger partial charge is 0.407 e. The van der Waals surface area contributed by atoms with Crippen molar-refractivity contribution >= 4 is 28.8 Å². The van der Waals surface area contributed by atoms with Gasteiger partial charge in [-0.3, -0.25) is 9.36 Å². The first-order valence-corrected chi connectivity index (χ1v) is 10.5. The Morgan fingerprint density at radius 2 is 2.18 bits per heavy atom. The molecule has 1 unspecified atom stereocenters.